The van der Waals surface area contributed by atoms with Crippen molar-refractivity contribution in [3.8, 4) is 6.07 Å². The molecule has 1 aromatic rings. The lowest BCUT2D eigenvalue weighted by Crippen LogP contribution is -2.41. The van der Waals surface area contributed by atoms with Crippen LogP contribution in [0.5, 0.6) is 0 Å². The molecule has 0 unspecified atom stereocenters. The summed E-state index contributed by atoms with van der Waals surface area (Å²) in [5, 5.41) is 21.6. The van der Waals surface area contributed by atoms with Crippen LogP contribution in [0.15, 0.2) is 18.5 Å². The predicted octanol–water partition coefficient (Wildman–Crippen LogP) is 1.92. The zero-order chi connectivity index (χ0) is 12.0. The molecule has 2 N–H and O–H groups in total. The molecule has 0 spiro atoms. The molecular weight excluding hydrogens is 202 g/mol. The summed E-state index contributed by atoms with van der Waals surface area (Å²) in [6.45, 7) is 4.06. The lowest BCUT2D eigenvalue weighted by molar-refractivity contribution is 0.202. The van der Waals surface area contributed by atoms with Crippen molar-refractivity contribution in [2.75, 3.05) is 11.9 Å². The number of hydrogen-bond donors (Lipinski definition) is 2. The SMILES string of the molecule is CCC(CC)(CO)Nc1cnccc1C#N. The zero-order valence-corrected chi connectivity index (χ0v) is 9.70. The van der Waals surface area contributed by atoms with Gasteiger partial charge in [-0.1, -0.05) is 13.8 Å². The summed E-state index contributed by atoms with van der Waals surface area (Å²) in [5.74, 6) is 0. The predicted molar refractivity (Wildman–Crippen MR) is 63.0 cm³/mol. The van der Waals surface area contributed by atoms with Crippen LogP contribution in [-0.4, -0.2) is 22.2 Å². The van der Waals surface area contributed by atoms with Gasteiger partial charge in [0.25, 0.3) is 0 Å². The summed E-state index contributed by atoms with van der Waals surface area (Å²) in [6.07, 6.45) is 4.79. The average molecular weight is 219 g/mol. The standard InChI is InChI=1S/C12H17N3O/c1-3-12(4-2,9-16)15-11-8-14-6-5-10(11)7-13/h5-6,8,15-16H,3-4,9H2,1-2H3. The van der Waals surface area contributed by atoms with Crippen LogP contribution in [0.1, 0.15) is 32.3 Å². The molecule has 0 aliphatic carbocycles. The van der Waals surface area contributed by atoms with Crippen LogP contribution < -0.4 is 5.32 Å². The first kappa shape index (κ1) is 12.5. The summed E-state index contributed by atoms with van der Waals surface area (Å²) < 4.78 is 0. The topological polar surface area (TPSA) is 68.9 Å². The van der Waals surface area contributed by atoms with Crippen LogP contribution >= 0.6 is 0 Å². The Morgan fingerprint density at radius 1 is 1.50 bits per heavy atom. The van der Waals surface area contributed by atoms with E-state index < -0.39 is 0 Å². The Labute approximate surface area is 95.9 Å². The summed E-state index contributed by atoms with van der Waals surface area (Å²) in [5.41, 5.74) is 0.867. The molecule has 0 saturated carbocycles. The number of hydrogen-bond acceptors (Lipinski definition) is 4. The van der Waals surface area contributed by atoms with Crippen LogP contribution in [0.4, 0.5) is 5.69 Å². The highest BCUT2D eigenvalue weighted by Gasteiger charge is 2.25. The largest absolute Gasteiger partial charge is 0.394 e. The second-order valence-corrected chi connectivity index (χ2v) is 3.80. The lowest BCUT2D eigenvalue weighted by atomic mass is 9.93. The molecule has 0 amide bonds. The molecule has 0 aliphatic heterocycles. The van der Waals surface area contributed by atoms with Crippen LogP contribution in [0.25, 0.3) is 0 Å². The highest BCUT2D eigenvalue weighted by Crippen LogP contribution is 2.23. The molecule has 0 bridgehead atoms. The molecule has 16 heavy (non-hydrogen) atoms. The van der Waals surface area contributed by atoms with E-state index in [9.17, 15) is 5.11 Å². The third-order valence-corrected chi connectivity index (χ3v) is 3.00. The second-order valence-electron chi connectivity index (χ2n) is 3.80. The number of nitriles is 1. The van der Waals surface area contributed by atoms with Crippen LogP contribution in [-0.2, 0) is 0 Å². The highest BCUT2D eigenvalue weighted by molar-refractivity contribution is 5.56. The molecule has 0 aromatic carbocycles. The minimum atomic E-state index is -0.366. The van der Waals surface area contributed by atoms with Gasteiger partial charge in [-0.25, -0.2) is 0 Å². The maximum atomic E-state index is 9.44. The summed E-state index contributed by atoms with van der Waals surface area (Å²) in [6, 6.07) is 3.77. The number of nitrogens with one attached hydrogen (secondary N) is 1. The number of anilines is 1. The first-order valence-electron chi connectivity index (χ1n) is 5.44. The molecule has 1 rings (SSSR count). The summed E-state index contributed by atoms with van der Waals surface area (Å²) >= 11 is 0. The Balaban J connectivity index is 2.99. The monoisotopic (exact) mass is 219 g/mol. The van der Waals surface area contributed by atoms with Crippen LogP contribution in [0.3, 0.4) is 0 Å². The molecule has 0 saturated heterocycles. The second kappa shape index (κ2) is 5.47. The fourth-order valence-electron chi connectivity index (χ4n) is 1.57. The van der Waals surface area contributed by atoms with Crippen LogP contribution in [0.2, 0.25) is 0 Å². The van der Waals surface area contributed by atoms with E-state index in [1.807, 2.05) is 13.8 Å². The van der Waals surface area contributed by atoms with Crippen molar-refractivity contribution in [1.29, 1.82) is 5.26 Å². The van der Waals surface area contributed by atoms with Gasteiger partial charge in [0.2, 0.25) is 0 Å². The number of pyridine rings is 1. The van der Waals surface area contributed by atoms with Gasteiger partial charge in [0, 0.05) is 6.20 Å². The third kappa shape index (κ3) is 2.50. The van der Waals surface area contributed by atoms with E-state index in [0.717, 1.165) is 12.8 Å². The fourth-order valence-corrected chi connectivity index (χ4v) is 1.57. The zero-order valence-electron chi connectivity index (χ0n) is 9.70. The van der Waals surface area contributed by atoms with Crippen LogP contribution in [0, 0.1) is 11.3 Å². The highest BCUT2D eigenvalue weighted by atomic mass is 16.3. The molecule has 1 aromatic heterocycles. The lowest BCUT2D eigenvalue weighted by Gasteiger charge is -2.32. The Morgan fingerprint density at radius 2 is 2.19 bits per heavy atom. The van der Waals surface area contributed by atoms with Crippen molar-refractivity contribution in [3.05, 3.63) is 24.0 Å². The van der Waals surface area contributed by atoms with Crippen molar-refractivity contribution >= 4 is 5.69 Å². The number of aromatic nitrogens is 1. The van der Waals surface area contributed by atoms with E-state index in [2.05, 4.69) is 16.4 Å². The van der Waals surface area contributed by atoms with Crippen molar-refractivity contribution in [1.82, 2.24) is 4.98 Å². The van der Waals surface area contributed by atoms with E-state index in [-0.39, 0.29) is 12.1 Å². The van der Waals surface area contributed by atoms with Gasteiger partial charge in [-0.2, -0.15) is 5.26 Å². The number of nitrogens with zero attached hydrogens (tertiary/aromatic N) is 2. The van der Waals surface area contributed by atoms with Crippen molar-refractivity contribution < 1.29 is 5.11 Å². The van der Waals surface area contributed by atoms with Gasteiger partial charge in [0.15, 0.2) is 0 Å². The first-order chi connectivity index (χ1) is 7.71. The Kier molecular flexibility index (Phi) is 4.27. The molecule has 0 aliphatic rings. The minimum absolute atomic E-state index is 0.0414. The molecular formula is C12H17N3O. The molecule has 1 heterocycles. The average Bonchev–Trinajstić information content (AvgIpc) is 2.36. The van der Waals surface area contributed by atoms with E-state index in [4.69, 9.17) is 5.26 Å². The Morgan fingerprint density at radius 3 is 2.69 bits per heavy atom. The number of aliphatic hydroxyl groups excluding tert-OH is 1. The number of aliphatic hydroxyl groups is 1. The minimum Gasteiger partial charge on any atom is -0.394 e. The van der Waals surface area contributed by atoms with E-state index in [0.29, 0.717) is 11.3 Å². The van der Waals surface area contributed by atoms with Gasteiger partial charge in [-0.05, 0) is 18.9 Å². The number of rotatable bonds is 5. The first-order valence-corrected chi connectivity index (χ1v) is 5.44. The smallest absolute Gasteiger partial charge is 0.101 e. The molecule has 4 heteroatoms. The van der Waals surface area contributed by atoms with Gasteiger partial charge in [-0.15, -0.1) is 0 Å². The molecule has 4 nitrogen and oxygen atoms in total. The summed E-state index contributed by atoms with van der Waals surface area (Å²) in [4.78, 5) is 3.99. The Hall–Kier alpha value is -1.60. The van der Waals surface area contributed by atoms with E-state index >= 15 is 0 Å². The van der Waals surface area contributed by atoms with Gasteiger partial charge in [0.05, 0.1) is 29.6 Å². The van der Waals surface area contributed by atoms with Crippen molar-refractivity contribution in [3.63, 3.8) is 0 Å². The third-order valence-electron chi connectivity index (χ3n) is 3.00. The van der Waals surface area contributed by atoms with Crippen molar-refractivity contribution in [2.45, 2.75) is 32.2 Å². The van der Waals surface area contributed by atoms with Gasteiger partial charge < -0.3 is 10.4 Å². The fraction of sp³-hybridized carbons (Fsp3) is 0.500. The molecule has 0 atom stereocenters. The maximum Gasteiger partial charge on any atom is 0.101 e. The van der Waals surface area contributed by atoms with Gasteiger partial charge >= 0.3 is 0 Å². The van der Waals surface area contributed by atoms with Gasteiger partial charge in [-0.3, -0.25) is 4.98 Å². The van der Waals surface area contributed by atoms with Gasteiger partial charge in [0.1, 0.15) is 6.07 Å². The molecule has 86 valence electrons. The van der Waals surface area contributed by atoms with Crippen molar-refractivity contribution in [2.24, 2.45) is 0 Å². The molecule has 0 fully saturated rings. The molecule has 0 radical (unpaired) electrons. The quantitative estimate of drug-likeness (QED) is 0.793. The van der Waals surface area contributed by atoms with E-state index in [1.54, 1.807) is 18.5 Å². The maximum absolute atomic E-state index is 9.44. The Bertz CT molecular complexity index is 372. The normalized spacial score (nSPS) is 10.9. The van der Waals surface area contributed by atoms with E-state index in [1.165, 1.54) is 0 Å². The summed E-state index contributed by atoms with van der Waals surface area (Å²) in [7, 11) is 0.